The van der Waals surface area contributed by atoms with E-state index in [4.69, 9.17) is 10.5 Å². The third kappa shape index (κ3) is 5.13. The van der Waals surface area contributed by atoms with Crippen LogP contribution in [-0.4, -0.2) is 42.9 Å². The van der Waals surface area contributed by atoms with Gasteiger partial charge in [0.05, 0.1) is 5.69 Å². The van der Waals surface area contributed by atoms with E-state index in [9.17, 15) is 0 Å². The zero-order chi connectivity index (χ0) is 15.1. The van der Waals surface area contributed by atoms with Gasteiger partial charge >= 0.3 is 0 Å². The highest BCUT2D eigenvalue weighted by Gasteiger charge is 2.13. The number of aryl methyl sites for hydroxylation is 2. The molecule has 2 N–H and O–H groups in total. The number of aromatic nitrogens is 2. The van der Waals surface area contributed by atoms with Crippen LogP contribution in [-0.2, 0) is 11.3 Å². The molecule has 0 saturated heterocycles. The van der Waals surface area contributed by atoms with Crippen LogP contribution < -0.4 is 10.6 Å². The summed E-state index contributed by atoms with van der Waals surface area (Å²) in [6.07, 6.45) is 4.08. The third-order valence-corrected chi connectivity index (χ3v) is 3.62. The average molecular weight is 282 g/mol. The predicted octanol–water partition coefficient (Wildman–Crippen LogP) is 2.04. The van der Waals surface area contributed by atoms with E-state index in [1.807, 2.05) is 6.92 Å². The first kappa shape index (κ1) is 17.0. The van der Waals surface area contributed by atoms with E-state index in [1.165, 1.54) is 0 Å². The first-order chi connectivity index (χ1) is 9.45. The Kier molecular flexibility index (Phi) is 7.02. The van der Waals surface area contributed by atoms with Crippen molar-refractivity contribution in [1.29, 1.82) is 0 Å². The molecule has 5 nitrogen and oxygen atoms in total. The highest BCUT2D eigenvalue weighted by molar-refractivity contribution is 5.32. The van der Waals surface area contributed by atoms with Gasteiger partial charge in [-0.3, -0.25) is 0 Å². The second-order valence-electron chi connectivity index (χ2n) is 5.84. The molecule has 0 aliphatic carbocycles. The fourth-order valence-corrected chi connectivity index (χ4v) is 2.16. The van der Waals surface area contributed by atoms with Crippen LogP contribution >= 0.6 is 0 Å². The maximum absolute atomic E-state index is 6.11. The van der Waals surface area contributed by atoms with Gasteiger partial charge < -0.3 is 19.9 Å². The van der Waals surface area contributed by atoms with E-state index in [0.717, 1.165) is 44.2 Å². The summed E-state index contributed by atoms with van der Waals surface area (Å²) in [6.45, 7) is 9.01. The number of anilines is 1. The Morgan fingerprint density at radius 2 is 2.15 bits per heavy atom. The summed E-state index contributed by atoms with van der Waals surface area (Å²) in [5.74, 6) is 1.54. The molecule has 0 aromatic carbocycles. The van der Waals surface area contributed by atoms with Gasteiger partial charge in [-0.05, 0) is 25.7 Å². The van der Waals surface area contributed by atoms with Crippen molar-refractivity contribution in [3.63, 3.8) is 0 Å². The summed E-state index contributed by atoms with van der Waals surface area (Å²) in [5, 5.41) is 0. The van der Waals surface area contributed by atoms with Gasteiger partial charge in [0, 0.05) is 46.1 Å². The number of methoxy groups -OCH3 is 1. The molecule has 20 heavy (non-hydrogen) atoms. The van der Waals surface area contributed by atoms with Gasteiger partial charge in [-0.15, -0.1) is 0 Å². The molecular formula is C15H30N4O. The summed E-state index contributed by atoms with van der Waals surface area (Å²) in [4.78, 5) is 6.82. The van der Waals surface area contributed by atoms with Gasteiger partial charge in [-0.1, -0.05) is 13.8 Å². The minimum atomic E-state index is 0.246. The normalized spacial score (nSPS) is 12.9. The Labute approximate surface area is 123 Å². The third-order valence-electron chi connectivity index (χ3n) is 3.62. The maximum atomic E-state index is 6.11. The molecule has 1 aromatic heterocycles. The van der Waals surface area contributed by atoms with Crippen molar-refractivity contribution >= 4 is 5.95 Å². The van der Waals surface area contributed by atoms with Gasteiger partial charge in [0.15, 0.2) is 0 Å². The Bertz CT molecular complexity index is 389. The summed E-state index contributed by atoms with van der Waals surface area (Å²) < 4.78 is 7.32. The zero-order valence-corrected chi connectivity index (χ0v) is 13.6. The lowest BCUT2D eigenvalue weighted by atomic mass is 10.0. The Morgan fingerprint density at radius 3 is 2.75 bits per heavy atom. The molecule has 1 unspecified atom stereocenters. The van der Waals surface area contributed by atoms with Crippen molar-refractivity contribution in [1.82, 2.24) is 9.55 Å². The molecule has 0 aliphatic heterocycles. The van der Waals surface area contributed by atoms with E-state index in [0.29, 0.717) is 5.92 Å². The maximum Gasteiger partial charge on any atom is 0.205 e. The van der Waals surface area contributed by atoms with Gasteiger partial charge in [-0.25, -0.2) is 4.98 Å². The molecule has 0 aliphatic rings. The van der Waals surface area contributed by atoms with Crippen LogP contribution in [0.15, 0.2) is 6.20 Å². The molecule has 1 aromatic rings. The minimum absolute atomic E-state index is 0.246. The van der Waals surface area contributed by atoms with Gasteiger partial charge in [-0.2, -0.15) is 0 Å². The summed E-state index contributed by atoms with van der Waals surface area (Å²) >= 11 is 0. The molecule has 1 rings (SSSR count). The second kappa shape index (κ2) is 8.27. The second-order valence-corrected chi connectivity index (χ2v) is 5.84. The van der Waals surface area contributed by atoms with Crippen molar-refractivity contribution in [2.45, 2.75) is 46.2 Å². The molecule has 0 amide bonds. The number of hydrogen-bond donors (Lipinski definition) is 1. The van der Waals surface area contributed by atoms with Crippen LogP contribution in [0.2, 0.25) is 0 Å². The van der Waals surface area contributed by atoms with Gasteiger partial charge in [0.1, 0.15) is 0 Å². The number of rotatable bonds is 9. The van der Waals surface area contributed by atoms with Crippen LogP contribution in [0.25, 0.3) is 0 Å². The van der Waals surface area contributed by atoms with Crippen molar-refractivity contribution in [2.24, 2.45) is 11.7 Å². The number of hydrogen-bond acceptors (Lipinski definition) is 4. The smallest absolute Gasteiger partial charge is 0.205 e. The van der Waals surface area contributed by atoms with Crippen molar-refractivity contribution in [2.75, 3.05) is 32.2 Å². The molecule has 0 fully saturated rings. The molecule has 0 bridgehead atoms. The fraction of sp³-hybridized carbons (Fsp3) is 0.800. The van der Waals surface area contributed by atoms with Crippen LogP contribution in [0.1, 0.15) is 32.4 Å². The number of nitrogens with two attached hydrogens (primary N) is 1. The van der Waals surface area contributed by atoms with E-state index in [2.05, 4.69) is 41.5 Å². The van der Waals surface area contributed by atoms with E-state index >= 15 is 0 Å². The Hall–Kier alpha value is -1.07. The lowest BCUT2D eigenvalue weighted by molar-refractivity contribution is 0.190. The van der Waals surface area contributed by atoms with Gasteiger partial charge in [0.25, 0.3) is 0 Å². The average Bonchev–Trinajstić information content (AvgIpc) is 2.77. The lowest BCUT2D eigenvalue weighted by Gasteiger charge is -2.23. The largest absolute Gasteiger partial charge is 0.385 e. The molecule has 1 heterocycles. The molecule has 0 radical (unpaired) electrons. The van der Waals surface area contributed by atoms with Gasteiger partial charge in [0.2, 0.25) is 5.95 Å². The fourth-order valence-electron chi connectivity index (χ4n) is 2.16. The standard InChI is InChI=1S/C15H30N4O/c1-12(2)14(16)7-9-18(4)15-17-13(3)11-19(15)8-6-10-20-5/h11-12,14H,6-10,16H2,1-5H3. The Morgan fingerprint density at radius 1 is 1.45 bits per heavy atom. The molecule has 0 spiro atoms. The minimum Gasteiger partial charge on any atom is -0.385 e. The monoisotopic (exact) mass is 282 g/mol. The number of nitrogens with zero attached hydrogens (tertiary/aromatic N) is 3. The molecule has 1 atom stereocenters. The zero-order valence-electron chi connectivity index (χ0n) is 13.6. The van der Waals surface area contributed by atoms with E-state index < -0.39 is 0 Å². The molecular weight excluding hydrogens is 252 g/mol. The van der Waals surface area contributed by atoms with Crippen LogP contribution in [0.5, 0.6) is 0 Å². The van der Waals surface area contributed by atoms with Crippen LogP contribution in [0, 0.1) is 12.8 Å². The van der Waals surface area contributed by atoms with Crippen LogP contribution in [0.4, 0.5) is 5.95 Å². The van der Waals surface area contributed by atoms with E-state index in [1.54, 1.807) is 7.11 Å². The first-order valence-electron chi connectivity index (χ1n) is 7.45. The quantitative estimate of drug-likeness (QED) is 0.704. The molecule has 5 heteroatoms. The summed E-state index contributed by atoms with van der Waals surface area (Å²) in [6, 6.07) is 0.246. The Balaban J connectivity index is 2.59. The van der Waals surface area contributed by atoms with Crippen molar-refractivity contribution in [3.8, 4) is 0 Å². The van der Waals surface area contributed by atoms with Crippen molar-refractivity contribution < 1.29 is 4.74 Å². The highest BCUT2D eigenvalue weighted by Crippen LogP contribution is 2.15. The highest BCUT2D eigenvalue weighted by atomic mass is 16.5. The van der Waals surface area contributed by atoms with Crippen molar-refractivity contribution in [3.05, 3.63) is 11.9 Å². The summed E-state index contributed by atoms with van der Waals surface area (Å²) in [7, 11) is 3.82. The molecule has 116 valence electrons. The predicted molar refractivity (Wildman–Crippen MR) is 84.2 cm³/mol. The lowest BCUT2D eigenvalue weighted by Crippen LogP contribution is -2.32. The number of ether oxygens (including phenoxy) is 1. The molecule has 0 saturated carbocycles. The SMILES string of the molecule is COCCCn1cc(C)nc1N(C)CCC(N)C(C)C. The number of imidazole rings is 1. The summed E-state index contributed by atoms with van der Waals surface area (Å²) in [5.41, 5.74) is 7.17. The topological polar surface area (TPSA) is 56.3 Å². The first-order valence-corrected chi connectivity index (χ1v) is 7.45. The van der Waals surface area contributed by atoms with E-state index in [-0.39, 0.29) is 6.04 Å². The van der Waals surface area contributed by atoms with Crippen LogP contribution in [0.3, 0.4) is 0 Å².